The van der Waals surface area contributed by atoms with Gasteiger partial charge in [0.05, 0.1) is 18.3 Å². The van der Waals surface area contributed by atoms with E-state index >= 15 is 0 Å². The Morgan fingerprint density at radius 2 is 2.67 bits per heavy atom. The van der Waals surface area contributed by atoms with Gasteiger partial charge in [-0.25, -0.2) is 10.5 Å². The molecule has 1 rings (SSSR count). The van der Waals surface area contributed by atoms with Crippen molar-refractivity contribution in [1.82, 2.24) is 10.5 Å². The van der Waals surface area contributed by atoms with E-state index in [9.17, 15) is 4.79 Å². The monoisotopic (exact) mass is 184 g/mol. The van der Waals surface area contributed by atoms with Crippen LogP contribution in [-0.4, -0.2) is 18.0 Å². The number of amides is 1. The van der Waals surface area contributed by atoms with Gasteiger partial charge < -0.3 is 0 Å². The number of hydrogen-bond donors (Lipinski definition) is 1. The molecule has 0 bridgehead atoms. The van der Waals surface area contributed by atoms with E-state index in [-0.39, 0.29) is 5.91 Å². The Kier molecular flexibility index (Phi) is 3.43. The lowest BCUT2D eigenvalue weighted by Gasteiger charge is -1.93. The van der Waals surface area contributed by atoms with Crippen LogP contribution in [0.5, 0.6) is 0 Å². The smallest absolute Gasteiger partial charge is 0.267 e. The first-order valence-corrected chi connectivity index (χ1v) is 4.16. The van der Waals surface area contributed by atoms with Crippen LogP contribution in [0.3, 0.4) is 0 Å². The molecule has 0 spiro atoms. The maximum atomic E-state index is 10.8. The number of nitrogens with one attached hydrogen (secondary N) is 1. The van der Waals surface area contributed by atoms with Crippen molar-refractivity contribution < 1.29 is 9.63 Å². The van der Waals surface area contributed by atoms with Gasteiger partial charge in [0.15, 0.2) is 0 Å². The predicted octanol–water partition coefficient (Wildman–Crippen LogP) is 0.834. The molecule has 0 aliphatic carbocycles. The lowest BCUT2D eigenvalue weighted by atomic mass is 10.4. The van der Waals surface area contributed by atoms with Gasteiger partial charge in [0, 0.05) is 11.5 Å². The van der Waals surface area contributed by atoms with Crippen molar-refractivity contribution in [1.29, 1.82) is 0 Å². The van der Waals surface area contributed by atoms with Crippen LogP contribution in [0.25, 0.3) is 6.08 Å². The number of aromatic nitrogens is 1. The first-order chi connectivity index (χ1) is 5.83. The van der Waals surface area contributed by atoms with Gasteiger partial charge in [0.25, 0.3) is 5.91 Å². The first kappa shape index (κ1) is 8.89. The summed E-state index contributed by atoms with van der Waals surface area (Å²) in [5, 5.41) is 1.84. The fraction of sp³-hybridized carbons (Fsp3) is 0.143. The molecule has 0 aliphatic heterocycles. The lowest BCUT2D eigenvalue weighted by molar-refractivity contribution is -0.126. The second kappa shape index (κ2) is 4.63. The average molecular weight is 184 g/mol. The molecule has 4 nitrogen and oxygen atoms in total. The standard InChI is InChI=1S/C7H8N2O2S/c1-11-9-7(10)3-2-6-4-12-5-8-6/h2-5H,1H3,(H,9,10)/b3-2+. The summed E-state index contributed by atoms with van der Waals surface area (Å²) in [6.45, 7) is 0. The Morgan fingerprint density at radius 3 is 3.25 bits per heavy atom. The van der Waals surface area contributed by atoms with E-state index in [2.05, 4.69) is 15.3 Å². The van der Waals surface area contributed by atoms with E-state index in [0.717, 1.165) is 5.69 Å². The van der Waals surface area contributed by atoms with Crippen molar-refractivity contribution in [2.24, 2.45) is 0 Å². The van der Waals surface area contributed by atoms with Crippen molar-refractivity contribution >= 4 is 23.3 Å². The van der Waals surface area contributed by atoms with Gasteiger partial charge >= 0.3 is 0 Å². The Labute approximate surface area is 73.8 Å². The molecule has 1 amide bonds. The molecule has 5 heteroatoms. The summed E-state index contributed by atoms with van der Waals surface area (Å²) in [6.07, 6.45) is 2.98. The molecular weight excluding hydrogens is 176 g/mol. The third-order valence-electron chi connectivity index (χ3n) is 1.06. The minimum atomic E-state index is -0.300. The molecule has 0 aromatic carbocycles. The zero-order chi connectivity index (χ0) is 8.81. The number of nitrogens with zero attached hydrogens (tertiary/aromatic N) is 1. The molecule has 1 aromatic heterocycles. The molecule has 1 N–H and O–H groups in total. The van der Waals surface area contributed by atoms with E-state index in [1.807, 2.05) is 5.38 Å². The molecule has 1 heterocycles. The summed E-state index contributed by atoms with van der Waals surface area (Å²) < 4.78 is 0. The van der Waals surface area contributed by atoms with E-state index in [1.54, 1.807) is 11.6 Å². The fourth-order valence-corrected chi connectivity index (χ4v) is 1.12. The fourth-order valence-electron chi connectivity index (χ4n) is 0.600. The molecule has 0 aliphatic rings. The molecule has 0 radical (unpaired) electrons. The van der Waals surface area contributed by atoms with Gasteiger partial charge in [-0.2, -0.15) is 0 Å². The highest BCUT2D eigenvalue weighted by Crippen LogP contribution is 2.02. The maximum absolute atomic E-state index is 10.8. The van der Waals surface area contributed by atoms with Crippen LogP contribution in [0.1, 0.15) is 5.69 Å². The number of carbonyl (C=O) groups is 1. The summed E-state index contributed by atoms with van der Waals surface area (Å²) in [5.74, 6) is -0.300. The zero-order valence-electron chi connectivity index (χ0n) is 6.48. The average Bonchev–Trinajstić information content (AvgIpc) is 2.53. The predicted molar refractivity (Wildman–Crippen MR) is 46.3 cm³/mol. The van der Waals surface area contributed by atoms with Gasteiger partial charge in [-0.05, 0) is 6.08 Å². The van der Waals surface area contributed by atoms with Gasteiger partial charge in [0.1, 0.15) is 0 Å². The highest BCUT2D eigenvalue weighted by molar-refractivity contribution is 7.07. The van der Waals surface area contributed by atoms with Gasteiger partial charge in [0.2, 0.25) is 0 Å². The van der Waals surface area contributed by atoms with Crippen LogP contribution in [-0.2, 0) is 9.63 Å². The highest BCUT2D eigenvalue weighted by atomic mass is 32.1. The van der Waals surface area contributed by atoms with Gasteiger partial charge in [-0.15, -0.1) is 11.3 Å². The van der Waals surface area contributed by atoms with E-state index in [4.69, 9.17) is 0 Å². The second-order valence-corrected chi connectivity index (χ2v) is 2.64. The van der Waals surface area contributed by atoms with Crippen LogP contribution in [0.15, 0.2) is 17.0 Å². The quantitative estimate of drug-likeness (QED) is 0.559. The van der Waals surface area contributed by atoms with Crippen molar-refractivity contribution in [3.63, 3.8) is 0 Å². The molecule has 64 valence electrons. The Hall–Kier alpha value is -1.20. The summed E-state index contributed by atoms with van der Waals surface area (Å²) in [5.41, 5.74) is 4.63. The van der Waals surface area contributed by atoms with E-state index < -0.39 is 0 Å². The third-order valence-corrected chi connectivity index (χ3v) is 1.66. The van der Waals surface area contributed by atoms with Crippen molar-refractivity contribution in [3.05, 3.63) is 22.7 Å². The van der Waals surface area contributed by atoms with Gasteiger partial charge in [-0.3, -0.25) is 9.63 Å². The molecule has 0 fully saturated rings. The normalized spacial score (nSPS) is 10.4. The zero-order valence-corrected chi connectivity index (χ0v) is 7.30. The van der Waals surface area contributed by atoms with Crippen LogP contribution in [0.4, 0.5) is 0 Å². The number of hydroxylamine groups is 1. The Balaban J connectivity index is 2.45. The summed E-state index contributed by atoms with van der Waals surface area (Å²) in [6, 6.07) is 0. The SMILES string of the molecule is CONC(=O)/C=C/c1cscn1. The first-order valence-electron chi connectivity index (χ1n) is 3.22. The number of carbonyl (C=O) groups excluding carboxylic acids is 1. The molecule has 1 aromatic rings. The van der Waals surface area contributed by atoms with Crippen LogP contribution < -0.4 is 5.48 Å². The Morgan fingerprint density at radius 1 is 1.83 bits per heavy atom. The third kappa shape index (κ3) is 2.81. The second-order valence-electron chi connectivity index (χ2n) is 1.92. The summed E-state index contributed by atoms with van der Waals surface area (Å²) >= 11 is 1.48. The molecule has 0 unspecified atom stereocenters. The highest BCUT2D eigenvalue weighted by Gasteiger charge is 1.92. The largest absolute Gasteiger partial charge is 0.277 e. The van der Waals surface area contributed by atoms with Crippen LogP contribution in [0.2, 0.25) is 0 Å². The summed E-state index contributed by atoms with van der Waals surface area (Å²) in [7, 11) is 1.38. The minimum absolute atomic E-state index is 0.300. The lowest BCUT2D eigenvalue weighted by Crippen LogP contribution is -2.18. The van der Waals surface area contributed by atoms with Crippen LogP contribution >= 0.6 is 11.3 Å². The van der Waals surface area contributed by atoms with Crippen molar-refractivity contribution in [2.75, 3.05) is 7.11 Å². The maximum Gasteiger partial charge on any atom is 0.267 e. The van der Waals surface area contributed by atoms with Crippen molar-refractivity contribution in [3.8, 4) is 0 Å². The van der Waals surface area contributed by atoms with E-state index in [0.29, 0.717) is 0 Å². The topological polar surface area (TPSA) is 51.2 Å². The summed E-state index contributed by atoms with van der Waals surface area (Å²) in [4.78, 5) is 19.2. The molecule has 0 saturated carbocycles. The number of thiazole rings is 1. The molecular formula is C7H8N2O2S. The van der Waals surface area contributed by atoms with E-state index in [1.165, 1.54) is 24.5 Å². The minimum Gasteiger partial charge on any atom is -0.277 e. The molecule has 12 heavy (non-hydrogen) atoms. The Bertz CT molecular complexity index is 269. The molecule has 0 atom stereocenters. The van der Waals surface area contributed by atoms with Crippen LogP contribution in [0, 0.1) is 0 Å². The number of rotatable bonds is 3. The number of hydrogen-bond acceptors (Lipinski definition) is 4. The molecule has 0 saturated heterocycles. The van der Waals surface area contributed by atoms with Gasteiger partial charge in [-0.1, -0.05) is 0 Å². The van der Waals surface area contributed by atoms with Crippen molar-refractivity contribution in [2.45, 2.75) is 0 Å².